The van der Waals surface area contributed by atoms with E-state index in [-0.39, 0.29) is 25.4 Å². The van der Waals surface area contributed by atoms with Crippen molar-refractivity contribution >= 4 is 23.8 Å². The molecule has 2 heterocycles. The maximum Gasteiger partial charge on any atom is 0.321 e. The normalized spacial score (nSPS) is 16.9. The monoisotopic (exact) mass is 399 g/mol. The van der Waals surface area contributed by atoms with Gasteiger partial charge in [-0.2, -0.15) is 0 Å². The van der Waals surface area contributed by atoms with Gasteiger partial charge in [-0.1, -0.05) is 30.3 Å². The number of carbonyl (C=O) groups excluding carboxylic acids is 4. The number of rotatable bonds is 6. The third kappa shape index (κ3) is 5.01. The van der Waals surface area contributed by atoms with Crippen LogP contribution < -0.4 is 10.6 Å². The van der Waals surface area contributed by atoms with E-state index in [1.165, 1.54) is 18.2 Å². The number of nitrogens with one attached hydrogen (secondary N) is 2. The molecular formula is C20H21N3O6. The van der Waals surface area contributed by atoms with Gasteiger partial charge in [-0.05, 0) is 12.1 Å². The van der Waals surface area contributed by atoms with Gasteiger partial charge in [0.15, 0.2) is 0 Å². The van der Waals surface area contributed by atoms with Crippen molar-refractivity contribution in [1.82, 2.24) is 15.5 Å². The number of amides is 4. The maximum atomic E-state index is 12.7. The molecule has 9 heteroatoms. The van der Waals surface area contributed by atoms with Crippen molar-refractivity contribution in [3.63, 3.8) is 0 Å². The second-order valence-electron chi connectivity index (χ2n) is 6.55. The summed E-state index contributed by atoms with van der Waals surface area (Å²) in [6, 6.07) is 11.1. The van der Waals surface area contributed by atoms with Crippen LogP contribution in [0.25, 0.3) is 0 Å². The van der Waals surface area contributed by atoms with Gasteiger partial charge in [0.05, 0.1) is 18.7 Å². The Labute approximate surface area is 167 Å². The zero-order chi connectivity index (χ0) is 20.8. The van der Waals surface area contributed by atoms with Crippen molar-refractivity contribution in [2.75, 3.05) is 13.6 Å². The maximum absolute atomic E-state index is 12.7. The van der Waals surface area contributed by atoms with E-state index in [1.807, 2.05) is 0 Å². The Morgan fingerprint density at radius 3 is 2.62 bits per heavy atom. The summed E-state index contributed by atoms with van der Waals surface area (Å²) in [4.78, 5) is 50.4. The molecular weight excluding hydrogens is 378 g/mol. The smallest absolute Gasteiger partial charge is 0.321 e. The Kier molecular flexibility index (Phi) is 6.28. The Bertz CT molecular complexity index is 881. The summed E-state index contributed by atoms with van der Waals surface area (Å²) in [5.74, 6) is -1.76. The van der Waals surface area contributed by atoms with Crippen molar-refractivity contribution in [1.29, 1.82) is 0 Å². The number of esters is 1. The van der Waals surface area contributed by atoms with Crippen molar-refractivity contribution in [3.05, 3.63) is 60.1 Å². The average molecular weight is 399 g/mol. The molecule has 29 heavy (non-hydrogen) atoms. The number of ether oxygens (including phenoxy) is 1. The third-order valence-electron chi connectivity index (χ3n) is 4.51. The Morgan fingerprint density at radius 2 is 1.97 bits per heavy atom. The Balaban J connectivity index is 1.68. The molecule has 1 saturated heterocycles. The molecule has 1 aromatic carbocycles. The van der Waals surface area contributed by atoms with Crippen LogP contribution in [0.2, 0.25) is 0 Å². The first-order valence-electron chi connectivity index (χ1n) is 9.06. The van der Waals surface area contributed by atoms with Crippen LogP contribution in [-0.2, 0) is 25.7 Å². The lowest BCUT2D eigenvalue weighted by Crippen LogP contribution is -2.41. The molecule has 1 fully saturated rings. The standard InChI is InChI=1S/C20H21N3O6/c1-21-20(27)22-18(25)17(13-6-3-2-4-7-13)29-19(26)14-10-16(24)23(11-14)12-15-8-5-9-28-15/h2-9,14,17H,10-12H2,1H3,(H2,21,22,25,27)/t14-,17-/m1/s1. The van der Waals surface area contributed by atoms with Crippen LogP contribution >= 0.6 is 0 Å². The van der Waals surface area contributed by atoms with Crippen LogP contribution in [0.15, 0.2) is 53.1 Å². The highest BCUT2D eigenvalue weighted by molar-refractivity contribution is 5.98. The van der Waals surface area contributed by atoms with E-state index in [0.717, 1.165) is 0 Å². The zero-order valence-electron chi connectivity index (χ0n) is 15.8. The molecule has 2 aromatic rings. The van der Waals surface area contributed by atoms with E-state index >= 15 is 0 Å². The molecule has 3 rings (SSSR count). The minimum Gasteiger partial charge on any atom is -0.467 e. The van der Waals surface area contributed by atoms with Crippen molar-refractivity contribution in [2.24, 2.45) is 5.92 Å². The van der Waals surface area contributed by atoms with Crippen LogP contribution in [0.4, 0.5) is 4.79 Å². The number of nitrogens with zero attached hydrogens (tertiary/aromatic N) is 1. The second-order valence-corrected chi connectivity index (χ2v) is 6.55. The van der Waals surface area contributed by atoms with E-state index in [2.05, 4.69) is 10.6 Å². The van der Waals surface area contributed by atoms with E-state index < -0.39 is 29.9 Å². The number of furan rings is 1. The predicted octanol–water partition coefficient (Wildman–Crippen LogP) is 1.37. The minimum atomic E-state index is -1.31. The fourth-order valence-corrected chi connectivity index (χ4v) is 3.03. The van der Waals surface area contributed by atoms with Crippen LogP contribution in [-0.4, -0.2) is 42.3 Å². The fourth-order valence-electron chi connectivity index (χ4n) is 3.03. The van der Waals surface area contributed by atoms with Gasteiger partial charge in [0.25, 0.3) is 5.91 Å². The van der Waals surface area contributed by atoms with Gasteiger partial charge in [0, 0.05) is 25.6 Å². The van der Waals surface area contributed by atoms with Crippen molar-refractivity contribution in [2.45, 2.75) is 19.1 Å². The zero-order valence-corrected chi connectivity index (χ0v) is 15.8. The summed E-state index contributed by atoms with van der Waals surface area (Å²) < 4.78 is 10.7. The first-order valence-corrected chi connectivity index (χ1v) is 9.06. The lowest BCUT2D eigenvalue weighted by molar-refractivity contribution is -0.159. The van der Waals surface area contributed by atoms with E-state index in [0.29, 0.717) is 11.3 Å². The lowest BCUT2D eigenvalue weighted by atomic mass is 10.1. The summed E-state index contributed by atoms with van der Waals surface area (Å²) in [5, 5.41) is 4.39. The largest absolute Gasteiger partial charge is 0.467 e. The van der Waals surface area contributed by atoms with Gasteiger partial charge in [0.2, 0.25) is 12.0 Å². The number of hydrogen-bond donors (Lipinski definition) is 2. The molecule has 1 aliphatic heterocycles. The molecule has 2 N–H and O–H groups in total. The molecule has 1 aromatic heterocycles. The van der Waals surface area contributed by atoms with Gasteiger partial charge in [0.1, 0.15) is 5.76 Å². The Hall–Kier alpha value is -3.62. The summed E-state index contributed by atoms with van der Waals surface area (Å²) in [5.41, 5.74) is 0.416. The van der Waals surface area contributed by atoms with Gasteiger partial charge in [-0.15, -0.1) is 0 Å². The number of urea groups is 1. The molecule has 9 nitrogen and oxygen atoms in total. The number of carbonyl (C=O) groups is 4. The number of hydrogen-bond acceptors (Lipinski definition) is 6. The van der Waals surface area contributed by atoms with E-state index in [9.17, 15) is 19.2 Å². The molecule has 152 valence electrons. The number of likely N-dealkylation sites (tertiary alicyclic amines) is 1. The highest BCUT2D eigenvalue weighted by Crippen LogP contribution is 2.25. The molecule has 2 atom stereocenters. The molecule has 0 aliphatic carbocycles. The molecule has 0 unspecified atom stereocenters. The van der Waals surface area contributed by atoms with Crippen LogP contribution in [0.3, 0.4) is 0 Å². The average Bonchev–Trinajstić information content (AvgIpc) is 3.36. The van der Waals surface area contributed by atoms with E-state index in [1.54, 1.807) is 42.5 Å². The van der Waals surface area contributed by atoms with Crippen LogP contribution in [0.1, 0.15) is 23.8 Å². The van der Waals surface area contributed by atoms with Gasteiger partial charge < -0.3 is 19.4 Å². The lowest BCUT2D eigenvalue weighted by Gasteiger charge is -2.20. The number of benzene rings is 1. The second kappa shape index (κ2) is 9.05. The van der Waals surface area contributed by atoms with Crippen LogP contribution in [0, 0.1) is 5.92 Å². The highest BCUT2D eigenvalue weighted by atomic mass is 16.5. The van der Waals surface area contributed by atoms with Crippen molar-refractivity contribution < 1.29 is 28.3 Å². The molecule has 1 aliphatic rings. The molecule has 4 amide bonds. The number of imide groups is 1. The SMILES string of the molecule is CNC(=O)NC(=O)[C@H](OC(=O)[C@@H]1CC(=O)N(Cc2ccco2)C1)c1ccccc1. The third-order valence-corrected chi connectivity index (χ3v) is 4.51. The van der Waals surface area contributed by atoms with Gasteiger partial charge in [-0.3, -0.25) is 19.7 Å². The van der Waals surface area contributed by atoms with Gasteiger partial charge in [-0.25, -0.2) is 4.79 Å². The molecule has 0 spiro atoms. The highest BCUT2D eigenvalue weighted by Gasteiger charge is 2.38. The minimum absolute atomic E-state index is 0.0158. The quantitative estimate of drug-likeness (QED) is 0.709. The molecule has 0 saturated carbocycles. The van der Waals surface area contributed by atoms with Crippen LogP contribution in [0.5, 0.6) is 0 Å². The first-order chi connectivity index (χ1) is 14.0. The predicted molar refractivity (Wildman–Crippen MR) is 100 cm³/mol. The topological polar surface area (TPSA) is 118 Å². The summed E-state index contributed by atoms with van der Waals surface area (Å²) in [6.07, 6.45) is 0.185. The summed E-state index contributed by atoms with van der Waals surface area (Å²) in [6.45, 7) is 0.422. The molecule has 0 radical (unpaired) electrons. The Morgan fingerprint density at radius 1 is 1.21 bits per heavy atom. The summed E-state index contributed by atoms with van der Waals surface area (Å²) >= 11 is 0. The first kappa shape index (κ1) is 20.1. The molecule has 0 bridgehead atoms. The fraction of sp³-hybridized carbons (Fsp3) is 0.300. The van der Waals surface area contributed by atoms with Gasteiger partial charge >= 0.3 is 12.0 Å². The van der Waals surface area contributed by atoms with Crippen molar-refractivity contribution in [3.8, 4) is 0 Å². The van der Waals surface area contributed by atoms with E-state index in [4.69, 9.17) is 9.15 Å². The summed E-state index contributed by atoms with van der Waals surface area (Å²) in [7, 11) is 1.36.